The Labute approximate surface area is 161 Å². The molecule has 2 amide bonds. The van der Waals surface area contributed by atoms with Crippen LogP contribution in [0.25, 0.3) is 0 Å². The first-order valence-corrected chi connectivity index (χ1v) is 10.9. The molecular formula is C18H24N2O4S2. The van der Waals surface area contributed by atoms with Crippen molar-refractivity contribution in [3.8, 4) is 0 Å². The van der Waals surface area contributed by atoms with Crippen LogP contribution in [0.4, 0.5) is 0 Å². The Morgan fingerprint density at radius 2 is 2.12 bits per heavy atom. The summed E-state index contributed by atoms with van der Waals surface area (Å²) in [6.07, 6.45) is 3.19. The molecule has 3 rings (SSSR count). The highest BCUT2D eigenvalue weighted by Crippen LogP contribution is 2.40. The summed E-state index contributed by atoms with van der Waals surface area (Å²) in [7, 11) is 0. The quantitative estimate of drug-likeness (QED) is 0.846. The van der Waals surface area contributed by atoms with Crippen LogP contribution in [-0.4, -0.2) is 64.1 Å². The summed E-state index contributed by atoms with van der Waals surface area (Å²) in [5.74, 6) is -0.0941. The third kappa shape index (κ3) is 4.23. The van der Waals surface area contributed by atoms with Gasteiger partial charge in [0.2, 0.25) is 11.8 Å². The maximum Gasteiger partial charge on any atom is 0.323 e. The lowest BCUT2D eigenvalue weighted by molar-refractivity contribution is -0.145. The number of carbonyl (C=O) groups is 3. The fourth-order valence-electron chi connectivity index (χ4n) is 3.77. The minimum absolute atomic E-state index is 0.114. The monoisotopic (exact) mass is 396 g/mol. The van der Waals surface area contributed by atoms with Gasteiger partial charge >= 0.3 is 5.97 Å². The molecule has 0 saturated carbocycles. The highest BCUT2D eigenvalue weighted by atomic mass is 32.2. The van der Waals surface area contributed by atoms with Crippen LogP contribution in [0.5, 0.6) is 0 Å². The van der Waals surface area contributed by atoms with E-state index in [0.717, 1.165) is 30.6 Å². The van der Waals surface area contributed by atoms with E-state index in [2.05, 4.69) is 11.4 Å². The van der Waals surface area contributed by atoms with E-state index < -0.39 is 5.97 Å². The molecule has 2 unspecified atom stereocenters. The molecule has 2 aliphatic rings. The molecule has 0 bridgehead atoms. The summed E-state index contributed by atoms with van der Waals surface area (Å²) in [6.45, 7) is 2.38. The second kappa shape index (κ2) is 8.43. The minimum Gasteiger partial charge on any atom is -0.480 e. The fraction of sp³-hybridized carbons (Fsp3) is 0.611. The summed E-state index contributed by atoms with van der Waals surface area (Å²) >= 11 is 3.44. The zero-order valence-corrected chi connectivity index (χ0v) is 16.5. The molecule has 2 aliphatic heterocycles. The van der Waals surface area contributed by atoms with Gasteiger partial charge in [-0.15, -0.1) is 23.1 Å². The summed E-state index contributed by atoms with van der Waals surface area (Å²) in [5.41, 5.74) is 1.16. The number of hydrogen-bond donors (Lipinski definition) is 1. The van der Waals surface area contributed by atoms with Gasteiger partial charge in [-0.3, -0.25) is 14.4 Å². The summed E-state index contributed by atoms with van der Waals surface area (Å²) < 4.78 is 0. The number of amides is 2. The lowest BCUT2D eigenvalue weighted by Crippen LogP contribution is -2.43. The van der Waals surface area contributed by atoms with Gasteiger partial charge in [0.05, 0.1) is 0 Å². The highest BCUT2D eigenvalue weighted by molar-refractivity contribution is 8.00. The average Bonchev–Trinajstić information content (AvgIpc) is 2.95. The van der Waals surface area contributed by atoms with E-state index in [4.69, 9.17) is 5.11 Å². The Balaban J connectivity index is 1.66. The first-order valence-electron chi connectivity index (χ1n) is 8.93. The van der Waals surface area contributed by atoms with E-state index in [0.29, 0.717) is 19.5 Å². The molecule has 0 aromatic carbocycles. The van der Waals surface area contributed by atoms with E-state index in [1.807, 2.05) is 4.90 Å². The number of carbonyl (C=O) groups excluding carboxylic acids is 2. The second-order valence-electron chi connectivity index (χ2n) is 6.75. The van der Waals surface area contributed by atoms with Crippen molar-refractivity contribution in [3.63, 3.8) is 0 Å². The molecule has 1 aromatic heterocycles. The number of thiophene rings is 1. The molecule has 26 heavy (non-hydrogen) atoms. The largest absolute Gasteiger partial charge is 0.480 e. The average molecular weight is 397 g/mol. The Morgan fingerprint density at radius 1 is 1.31 bits per heavy atom. The SMILES string of the molecule is CC(=O)N(CC(=O)O)C1CCCN(C(=O)C2SCCc3sccc32)CC1. The predicted octanol–water partition coefficient (Wildman–Crippen LogP) is 2.39. The topological polar surface area (TPSA) is 77.9 Å². The van der Waals surface area contributed by atoms with Crippen LogP contribution in [0.15, 0.2) is 11.4 Å². The number of carboxylic acid groups (broad SMARTS) is 1. The first-order chi connectivity index (χ1) is 12.5. The van der Waals surface area contributed by atoms with Gasteiger partial charge in [0.1, 0.15) is 11.8 Å². The van der Waals surface area contributed by atoms with Crippen molar-refractivity contribution in [2.24, 2.45) is 0 Å². The Bertz CT molecular complexity index is 690. The van der Waals surface area contributed by atoms with E-state index in [1.54, 1.807) is 23.1 Å². The smallest absolute Gasteiger partial charge is 0.323 e. The lowest BCUT2D eigenvalue weighted by Gasteiger charge is -2.30. The van der Waals surface area contributed by atoms with Crippen molar-refractivity contribution in [1.29, 1.82) is 0 Å². The first kappa shape index (κ1) is 19.2. The Kier molecular flexibility index (Phi) is 6.24. The molecule has 6 nitrogen and oxygen atoms in total. The Hall–Kier alpha value is -1.54. The molecule has 0 aliphatic carbocycles. The van der Waals surface area contributed by atoms with Crippen molar-refractivity contribution in [3.05, 3.63) is 21.9 Å². The molecule has 142 valence electrons. The highest BCUT2D eigenvalue weighted by Gasteiger charge is 2.33. The number of fused-ring (bicyclic) bond motifs is 1. The zero-order valence-electron chi connectivity index (χ0n) is 14.8. The van der Waals surface area contributed by atoms with Crippen LogP contribution in [0.2, 0.25) is 0 Å². The van der Waals surface area contributed by atoms with Crippen LogP contribution in [0.1, 0.15) is 41.9 Å². The van der Waals surface area contributed by atoms with Crippen LogP contribution < -0.4 is 0 Å². The number of likely N-dealkylation sites (tertiary alicyclic amines) is 1. The number of aryl methyl sites for hydroxylation is 1. The molecule has 1 fully saturated rings. The lowest BCUT2D eigenvalue weighted by atomic mass is 10.1. The molecule has 0 spiro atoms. The van der Waals surface area contributed by atoms with Gasteiger partial charge in [-0.05, 0) is 48.4 Å². The molecule has 2 atom stereocenters. The van der Waals surface area contributed by atoms with E-state index in [-0.39, 0.29) is 29.7 Å². The third-order valence-corrected chi connectivity index (χ3v) is 7.29. The standard InChI is InChI=1S/C18H24N2O4S2/c1-12(21)20(11-16(22)23)13-3-2-7-19(8-4-13)18(24)17-14-5-9-25-15(14)6-10-26-17/h5,9,13,17H,2-4,6-8,10-11H2,1H3,(H,22,23). The normalized spacial score (nSPS) is 23.0. The molecule has 0 radical (unpaired) electrons. The van der Waals surface area contributed by atoms with Crippen LogP contribution in [0.3, 0.4) is 0 Å². The van der Waals surface area contributed by atoms with Gasteiger partial charge in [0.15, 0.2) is 0 Å². The molecular weight excluding hydrogens is 372 g/mol. The Morgan fingerprint density at radius 3 is 2.85 bits per heavy atom. The van der Waals surface area contributed by atoms with E-state index >= 15 is 0 Å². The second-order valence-corrected chi connectivity index (χ2v) is 8.96. The van der Waals surface area contributed by atoms with Crippen molar-refractivity contribution in [1.82, 2.24) is 9.80 Å². The van der Waals surface area contributed by atoms with Crippen LogP contribution >= 0.6 is 23.1 Å². The van der Waals surface area contributed by atoms with Crippen molar-refractivity contribution < 1.29 is 19.5 Å². The molecule has 1 saturated heterocycles. The van der Waals surface area contributed by atoms with Crippen molar-refractivity contribution >= 4 is 40.9 Å². The van der Waals surface area contributed by atoms with Crippen LogP contribution in [-0.2, 0) is 20.8 Å². The number of thioether (sulfide) groups is 1. The van der Waals surface area contributed by atoms with Crippen LogP contribution in [0, 0.1) is 0 Å². The summed E-state index contributed by atoms with van der Waals surface area (Å²) in [6, 6.07) is 1.96. The summed E-state index contributed by atoms with van der Waals surface area (Å²) in [5, 5.41) is 11.0. The van der Waals surface area contributed by atoms with Gasteiger partial charge in [-0.1, -0.05) is 0 Å². The van der Waals surface area contributed by atoms with Gasteiger partial charge < -0.3 is 14.9 Å². The molecule has 1 aromatic rings. The fourth-order valence-corrected chi connectivity index (χ4v) is 6.15. The third-order valence-electron chi connectivity index (χ3n) is 5.06. The number of nitrogens with zero attached hydrogens (tertiary/aromatic N) is 2. The zero-order chi connectivity index (χ0) is 18.7. The minimum atomic E-state index is -0.999. The predicted molar refractivity (Wildman–Crippen MR) is 102 cm³/mol. The molecule has 8 heteroatoms. The van der Waals surface area contributed by atoms with Crippen molar-refractivity contribution in [2.75, 3.05) is 25.4 Å². The number of rotatable bonds is 4. The molecule has 3 heterocycles. The maximum atomic E-state index is 13.1. The van der Waals surface area contributed by atoms with Gasteiger partial charge in [0, 0.05) is 30.9 Å². The molecule has 1 N–H and O–H groups in total. The number of carboxylic acids is 1. The van der Waals surface area contributed by atoms with Gasteiger partial charge in [-0.25, -0.2) is 0 Å². The van der Waals surface area contributed by atoms with Gasteiger partial charge in [-0.2, -0.15) is 0 Å². The number of hydrogen-bond acceptors (Lipinski definition) is 5. The number of aliphatic carboxylic acids is 1. The van der Waals surface area contributed by atoms with Crippen molar-refractivity contribution in [2.45, 2.75) is 43.9 Å². The maximum absolute atomic E-state index is 13.1. The van der Waals surface area contributed by atoms with E-state index in [9.17, 15) is 14.4 Å². The van der Waals surface area contributed by atoms with E-state index in [1.165, 1.54) is 16.7 Å². The van der Waals surface area contributed by atoms with Gasteiger partial charge in [0.25, 0.3) is 0 Å². The summed E-state index contributed by atoms with van der Waals surface area (Å²) in [4.78, 5) is 40.6.